The van der Waals surface area contributed by atoms with Crippen LogP contribution in [0.3, 0.4) is 0 Å². The second-order valence-electron chi connectivity index (χ2n) is 4.74. The van der Waals surface area contributed by atoms with Crippen LogP contribution in [0.1, 0.15) is 51.4 Å². The van der Waals surface area contributed by atoms with Crippen molar-refractivity contribution >= 4 is 11.9 Å². The molecule has 1 atom stereocenters. The molecule has 0 spiro atoms. The van der Waals surface area contributed by atoms with Crippen molar-refractivity contribution < 1.29 is 14.7 Å². The zero-order chi connectivity index (χ0) is 12.7. The number of carboxylic acid groups (broad SMARTS) is 1. The van der Waals surface area contributed by atoms with Gasteiger partial charge in [0.2, 0.25) is 5.91 Å². The van der Waals surface area contributed by atoms with Gasteiger partial charge in [0.15, 0.2) is 0 Å². The molecule has 5 nitrogen and oxygen atoms in total. The van der Waals surface area contributed by atoms with Crippen LogP contribution in [0.5, 0.6) is 0 Å². The molecule has 0 unspecified atom stereocenters. The van der Waals surface area contributed by atoms with Gasteiger partial charge in [-0.05, 0) is 25.7 Å². The Labute approximate surface area is 102 Å². The molecule has 0 aliphatic heterocycles. The van der Waals surface area contributed by atoms with Gasteiger partial charge in [-0.1, -0.05) is 19.3 Å². The largest absolute Gasteiger partial charge is 0.480 e. The lowest BCUT2D eigenvalue weighted by Gasteiger charge is -2.22. The Hall–Kier alpha value is -1.10. The van der Waals surface area contributed by atoms with Crippen LogP contribution in [0.15, 0.2) is 0 Å². The minimum Gasteiger partial charge on any atom is -0.480 e. The minimum absolute atomic E-state index is 0.0227. The molecule has 1 aliphatic rings. The fourth-order valence-electron chi connectivity index (χ4n) is 2.15. The molecule has 0 aromatic carbocycles. The van der Waals surface area contributed by atoms with E-state index in [0.29, 0.717) is 25.3 Å². The lowest BCUT2D eigenvalue weighted by molar-refractivity contribution is -0.138. The van der Waals surface area contributed by atoms with Gasteiger partial charge in [-0.25, -0.2) is 0 Å². The van der Waals surface area contributed by atoms with Gasteiger partial charge in [0.25, 0.3) is 0 Å². The maximum atomic E-state index is 11.6. The standard InChI is InChI=1S/C12H22N2O3/c13-10(12(16)17)7-4-8-11(15)14-9-5-2-1-3-6-9/h9-10H,1-8,13H2,(H,14,15)(H,16,17)/t10-/m0/s1. The van der Waals surface area contributed by atoms with Crippen molar-refractivity contribution in [2.24, 2.45) is 5.73 Å². The Morgan fingerprint density at radius 1 is 1.29 bits per heavy atom. The Bertz CT molecular complexity index is 262. The van der Waals surface area contributed by atoms with Crippen molar-refractivity contribution in [3.05, 3.63) is 0 Å². The number of amides is 1. The average Bonchev–Trinajstić information content (AvgIpc) is 2.30. The zero-order valence-corrected chi connectivity index (χ0v) is 10.2. The van der Waals surface area contributed by atoms with E-state index < -0.39 is 12.0 Å². The highest BCUT2D eigenvalue weighted by molar-refractivity contribution is 5.76. The number of carboxylic acids is 1. The summed E-state index contributed by atoms with van der Waals surface area (Å²) in [7, 11) is 0. The smallest absolute Gasteiger partial charge is 0.320 e. The number of carbonyl (C=O) groups excluding carboxylic acids is 1. The highest BCUT2D eigenvalue weighted by atomic mass is 16.4. The Balaban J connectivity index is 2.10. The second kappa shape index (κ2) is 7.27. The van der Waals surface area contributed by atoms with Crippen LogP contribution in [0.25, 0.3) is 0 Å². The number of nitrogens with two attached hydrogens (primary N) is 1. The molecule has 5 heteroatoms. The SMILES string of the molecule is N[C@@H](CCCC(=O)NC1CCCCC1)C(=O)O. The van der Waals surface area contributed by atoms with Gasteiger partial charge in [-0.3, -0.25) is 9.59 Å². The van der Waals surface area contributed by atoms with Gasteiger partial charge in [0, 0.05) is 12.5 Å². The molecule has 1 saturated carbocycles. The van der Waals surface area contributed by atoms with Crippen LogP contribution in [0.2, 0.25) is 0 Å². The van der Waals surface area contributed by atoms with Crippen molar-refractivity contribution in [2.75, 3.05) is 0 Å². The minimum atomic E-state index is -1.00. The molecule has 1 amide bonds. The van der Waals surface area contributed by atoms with E-state index in [1.165, 1.54) is 19.3 Å². The van der Waals surface area contributed by atoms with Gasteiger partial charge in [-0.2, -0.15) is 0 Å². The maximum Gasteiger partial charge on any atom is 0.320 e. The van der Waals surface area contributed by atoms with Crippen LogP contribution >= 0.6 is 0 Å². The number of hydrogen-bond acceptors (Lipinski definition) is 3. The molecular formula is C12H22N2O3. The van der Waals surface area contributed by atoms with Crippen LogP contribution in [0, 0.1) is 0 Å². The van der Waals surface area contributed by atoms with E-state index in [0.717, 1.165) is 12.8 Å². The first-order valence-electron chi connectivity index (χ1n) is 6.37. The molecule has 0 bridgehead atoms. The average molecular weight is 242 g/mol. The summed E-state index contributed by atoms with van der Waals surface area (Å²) in [6.07, 6.45) is 7.04. The molecule has 98 valence electrons. The summed E-state index contributed by atoms with van der Waals surface area (Å²) >= 11 is 0. The van der Waals surface area contributed by atoms with Crippen LogP contribution in [-0.4, -0.2) is 29.1 Å². The molecule has 0 radical (unpaired) electrons. The lowest BCUT2D eigenvalue weighted by Crippen LogP contribution is -2.36. The van der Waals surface area contributed by atoms with Crippen LogP contribution in [0.4, 0.5) is 0 Å². The Kier molecular flexibility index (Phi) is 5.97. The summed E-state index contributed by atoms with van der Waals surface area (Å²) in [5, 5.41) is 11.6. The normalized spacial score (nSPS) is 18.6. The molecule has 4 N–H and O–H groups in total. The molecule has 0 heterocycles. The summed E-state index contributed by atoms with van der Waals surface area (Å²) in [6, 6.07) is -0.526. The van der Waals surface area contributed by atoms with E-state index in [2.05, 4.69) is 5.32 Å². The fourth-order valence-corrected chi connectivity index (χ4v) is 2.15. The van der Waals surface area contributed by atoms with E-state index in [1.54, 1.807) is 0 Å². The topological polar surface area (TPSA) is 92.4 Å². The summed E-state index contributed by atoms with van der Waals surface area (Å²) in [5.41, 5.74) is 5.36. The third kappa shape index (κ3) is 5.68. The molecule has 17 heavy (non-hydrogen) atoms. The summed E-state index contributed by atoms with van der Waals surface area (Å²) in [6.45, 7) is 0. The number of hydrogen-bond donors (Lipinski definition) is 3. The molecule has 0 aromatic rings. The number of carbonyl (C=O) groups is 2. The summed E-state index contributed by atoms with van der Waals surface area (Å²) < 4.78 is 0. The molecule has 1 rings (SSSR count). The monoisotopic (exact) mass is 242 g/mol. The van der Waals surface area contributed by atoms with Gasteiger partial charge in [0.1, 0.15) is 6.04 Å². The second-order valence-corrected chi connectivity index (χ2v) is 4.74. The summed E-state index contributed by atoms with van der Waals surface area (Å²) in [4.78, 5) is 22.0. The maximum absolute atomic E-state index is 11.6. The van der Waals surface area contributed by atoms with Crippen molar-refractivity contribution in [1.29, 1.82) is 0 Å². The van der Waals surface area contributed by atoms with Gasteiger partial charge >= 0.3 is 5.97 Å². The molecule has 1 fully saturated rings. The number of aliphatic carboxylic acids is 1. The lowest BCUT2D eigenvalue weighted by atomic mass is 9.95. The quantitative estimate of drug-likeness (QED) is 0.648. The fraction of sp³-hybridized carbons (Fsp3) is 0.833. The predicted molar refractivity (Wildman–Crippen MR) is 64.5 cm³/mol. The Morgan fingerprint density at radius 3 is 2.53 bits per heavy atom. The van der Waals surface area contributed by atoms with Crippen LogP contribution in [-0.2, 0) is 9.59 Å². The van der Waals surface area contributed by atoms with Crippen molar-refractivity contribution in [3.8, 4) is 0 Å². The van der Waals surface area contributed by atoms with Crippen molar-refractivity contribution in [3.63, 3.8) is 0 Å². The first-order valence-corrected chi connectivity index (χ1v) is 6.37. The van der Waals surface area contributed by atoms with Crippen molar-refractivity contribution in [1.82, 2.24) is 5.32 Å². The first kappa shape index (κ1) is 14.0. The van der Waals surface area contributed by atoms with E-state index in [1.807, 2.05) is 0 Å². The number of nitrogens with one attached hydrogen (secondary N) is 1. The third-order valence-corrected chi connectivity index (χ3v) is 3.21. The first-order chi connectivity index (χ1) is 8.09. The van der Waals surface area contributed by atoms with E-state index >= 15 is 0 Å². The van der Waals surface area contributed by atoms with Gasteiger partial charge < -0.3 is 16.2 Å². The zero-order valence-electron chi connectivity index (χ0n) is 10.2. The highest BCUT2D eigenvalue weighted by Gasteiger charge is 2.16. The highest BCUT2D eigenvalue weighted by Crippen LogP contribution is 2.17. The van der Waals surface area contributed by atoms with Gasteiger partial charge in [-0.15, -0.1) is 0 Å². The van der Waals surface area contributed by atoms with Crippen LogP contribution < -0.4 is 11.1 Å². The van der Waals surface area contributed by atoms with Gasteiger partial charge in [0.05, 0.1) is 0 Å². The Morgan fingerprint density at radius 2 is 1.94 bits per heavy atom. The van der Waals surface area contributed by atoms with E-state index in [4.69, 9.17) is 10.8 Å². The van der Waals surface area contributed by atoms with Crippen molar-refractivity contribution in [2.45, 2.75) is 63.5 Å². The predicted octanol–water partition coefficient (Wildman–Crippen LogP) is 1.02. The summed E-state index contributed by atoms with van der Waals surface area (Å²) in [5.74, 6) is -0.979. The van der Waals surface area contributed by atoms with E-state index in [-0.39, 0.29) is 5.91 Å². The third-order valence-electron chi connectivity index (χ3n) is 3.21. The molecule has 0 aromatic heterocycles. The molecule has 1 aliphatic carbocycles. The number of rotatable bonds is 6. The van der Waals surface area contributed by atoms with E-state index in [9.17, 15) is 9.59 Å². The molecule has 0 saturated heterocycles. The molecular weight excluding hydrogens is 220 g/mol.